The molecule has 0 aliphatic heterocycles. The van der Waals surface area contributed by atoms with Gasteiger partial charge in [-0.3, -0.25) is 0 Å². The first-order chi connectivity index (χ1) is 12.9. The monoisotopic (exact) mass is 376 g/mol. The van der Waals surface area contributed by atoms with E-state index >= 15 is 0 Å². The lowest BCUT2D eigenvalue weighted by molar-refractivity contribution is -0.274. The molecule has 0 atom stereocenters. The highest BCUT2D eigenvalue weighted by molar-refractivity contribution is 5.80. The van der Waals surface area contributed by atoms with Crippen LogP contribution in [-0.2, 0) is 13.0 Å². The van der Waals surface area contributed by atoms with E-state index in [2.05, 4.69) is 26.1 Å². The van der Waals surface area contributed by atoms with Crippen LogP contribution >= 0.6 is 0 Å². The molecule has 0 bridgehead atoms. The third kappa shape index (κ3) is 5.67. The molecule has 0 radical (unpaired) electrons. The van der Waals surface area contributed by atoms with Crippen molar-refractivity contribution in [1.82, 2.24) is 10.3 Å². The maximum atomic E-state index is 12.1. The average Bonchev–Trinajstić information content (AvgIpc) is 3.02. The van der Waals surface area contributed by atoms with Gasteiger partial charge in [-0.15, -0.1) is 13.2 Å². The number of benzene rings is 2. The first-order valence-corrected chi connectivity index (χ1v) is 8.34. The Kier molecular flexibility index (Phi) is 5.54. The van der Waals surface area contributed by atoms with Crippen molar-refractivity contribution in [3.05, 3.63) is 65.9 Å². The fraction of sp³-hybridized carbons (Fsp3) is 0.211. The van der Waals surface area contributed by atoms with Crippen molar-refractivity contribution >= 4 is 16.9 Å². The summed E-state index contributed by atoms with van der Waals surface area (Å²) in [6.45, 7) is 0.873. The third-order valence-electron chi connectivity index (χ3n) is 3.88. The van der Waals surface area contributed by atoms with Crippen molar-refractivity contribution < 1.29 is 17.9 Å². The van der Waals surface area contributed by atoms with Crippen molar-refractivity contribution in [3.63, 3.8) is 0 Å². The summed E-state index contributed by atoms with van der Waals surface area (Å²) in [6.07, 6.45) is -3.94. The number of H-pyrrole nitrogens is 1. The van der Waals surface area contributed by atoms with Gasteiger partial charge in [-0.25, -0.2) is 4.99 Å². The number of fused-ring (bicyclic) bond motifs is 1. The third-order valence-corrected chi connectivity index (χ3v) is 3.88. The molecule has 8 heteroatoms. The van der Waals surface area contributed by atoms with E-state index in [1.165, 1.54) is 24.3 Å². The van der Waals surface area contributed by atoms with Crippen molar-refractivity contribution in [2.45, 2.75) is 19.3 Å². The number of nitrogens with one attached hydrogen (secondary N) is 2. The lowest BCUT2D eigenvalue weighted by atomic mass is 10.2. The van der Waals surface area contributed by atoms with Gasteiger partial charge in [0.25, 0.3) is 0 Å². The number of para-hydroxylation sites is 1. The molecule has 0 saturated carbocycles. The van der Waals surface area contributed by atoms with Gasteiger partial charge in [-0.05, 0) is 35.2 Å². The number of guanidine groups is 1. The molecule has 3 aromatic rings. The summed E-state index contributed by atoms with van der Waals surface area (Å²) in [6, 6.07) is 15.7. The maximum absolute atomic E-state index is 12.1. The zero-order valence-electron chi connectivity index (χ0n) is 14.4. The molecule has 0 spiro atoms. The molecule has 4 N–H and O–H groups in total. The Labute approximate surface area is 154 Å². The van der Waals surface area contributed by atoms with Crippen LogP contribution in [0.15, 0.2) is 59.6 Å². The van der Waals surface area contributed by atoms with Gasteiger partial charge in [0.05, 0.1) is 6.54 Å². The Morgan fingerprint density at radius 2 is 1.85 bits per heavy atom. The van der Waals surface area contributed by atoms with Crippen molar-refractivity contribution in [2.24, 2.45) is 10.7 Å². The van der Waals surface area contributed by atoms with Gasteiger partial charge >= 0.3 is 6.36 Å². The van der Waals surface area contributed by atoms with Crippen molar-refractivity contribution in [2.75, 3.05) is 6.54 Å². The van der Waals surface area contributed by atoms with Crippen LogP contribution in [0.25, 0.3) is 10.9 Å². The number of aromatic amines is 1. The number of hydrogen-bond acceptors (Lipinski definition) is 2. The van der Waals surface area contributed by atoms with Gasteiger partial charge < -0.3 is 20.8 Å². The van der Waals surface area contributed by atoms with Gasteiger partial charge in [0.1, 0.15) is 5.75 Å². The van der Waals surface area contributed by atoms with Crippen LogP contribution in [0.4, 0.5) is 13.2 Å². The Balaban J connectivity index is 1.46. The number of aromatic nitrogens is 1. The number of halogens is 3. The highest BCUT2D eigenvalue weighted by Crippen LogP contribution is 2.22. The van der Waals surface area contributed by atoms with Crippen molar-refractivity contribution in [3.8, 4) is 5.75 Å². The Hall–Kier alpha value is -3.16. The van der Waals surface area contributed by atoms with E-state index in [0.29, 0.717) is 6.54 Å². The Morgan fingerprint density at radius 3 is 2.56 bits per heavy atom. The van der Waals surface area contributed by atoms with E-state index in [-0.39, 0.29) is 18.3 Å². The number of aliphatic imine (C=N–C) groups is 1. The summed E-state index contributed by atoms with van der Waals surface area (Å²) in [5.41, 5.74) is 8.74. The molecular weight excluding hydrogens is 357 g/mol. The molecule has 5 nitrogen and oxygen atoms in total. The molecule has 2 aromatic carbocycles. The van der Waals surface area contributed by atoms with E-state index in [1.807, 2.05) is 24.3 Å². The second-order valence-electron chi connectivity index (χ2n) is 5.95. The van der Waals surface area contributed by atoms with Crippen LogP contribution in [0, 0.1) is 0 Å². The summed E-state index contributed by atoms with van der Waals surface area (Å²) in [5.74, 6) is 0.0152. The van der Waals surface area contributed by atoms with E-state index < -0.39 is 6.36 Å². The minimum absolute atomic E-state index is 0.261. The quantitative estimate of drug-likeness (QED) is 0.453. The number of nitrogens with zero attached hydrogens (tertiary/aromatic N) is 1. The number of hydrogen-bond donors (Lipinski definition) is 3. The molecule has 0 amide bonds. The summed E-state index contributed by atoms with van der Waals surface area (Å²) in [4.78, 5) is 7.52. The fourth-order valence-electron chi connectivity index (χ4n) is 2.62. The predicted octanol–water partition coefficient (Wildman–Crippen LogP) is 3.71. The van der Waals surface area contributed by atoms with Crippen LogP contribution in [0.1, 0.15) is 11.3 Å². The molecule has 0 aliphatic rings. The Bertz CT molecular complexity index is 884. The molecule has 1 heterocycles. The molecule has 3 rings (SSSR count). The standard InChI is InChI=1S/C19H19F3N4O/c20-19(21,22)27-16-7-5-13(6-8-16)12-25-18(23)24-10-9-15-11-14-3-1-2-4-17(14)26-15/h1-8,11,26H,9-10,12H2,(H3,23,24,25). The number of rotatable bonds is 6. The van der Waals surface area contributed by atoms with Gasteiger partial charge in [0, 0.05) is 24.2 Å². The largest absolute Gasteiger partial charge is 0.573 e. The SMILES string of the molecule is NC(=NCc1ccc(OC(F)(F)F)cc1)NCCc1cc2ccccc2[nH]1. The van der Waals surface area contributed by atoms with E-state index in [1.54, 1.807) is 0 Å². The zero-order chi connectivity index (χ0) is 19.3. The average molecular weight is 376 g/mol. The van der Waals surface area contributed by atoms with Gasteiger partial charge in [-0.1, -0.05) is 30.3 Å². The molecule has 0 fully saturated rings. The topological polar surface area (TPSA) is 75.4 Å². The van der Waals surface area contributed by atoms with E-state index in [9.17, 15) is 13.2 Å². The lowest BCUT2D eigenvalue weighted by Gasteiger charge is -2.09. The zero-order valence-corrected chi connectivity index (χ0v) is 14.4. The first-order valence-electron chi connectivity index (χ1n) is 8.34. The maximum Gasteiger partial charge on any atom is 0.573 e. The second-order valence-corrected chi connectivity index (χ2v) is 5.95. The second kappa shape index (κ2) is 8.03. The molecule has 0 aliphatic carbocycles. The molecular formula is C19H19F3N4O. The smallest absolute Gasteiger partial charge is 0.406 e. The highest BCUT2D eigenvalue weighted by Gasteiger charge is 2.30. The van der Waals surface area contributed by atoms with Gasteiger partial charge in [-0.2, -0.15) is 0 Å². The summed E-state index contributed by atoms with van der Waals surface area (Å²) >= 11 is 0. The fourth-order valence-corrected chi connectivity index (χ4v) is 2.62. The van der Waals surface area contributed by atoms with Crippen LogP contribution < -0.4 is 15.8 Å². The number of nitrogens with two attached hydrogens (primary N) is 1. The Morgan fingerprint density at radius 1 is 1.11 bits per heavy atom. The normalized spacial score (nSPS) is 12.3. The van der Waals surface area contributed by atoms with E-state index in [4.69, 9.17) is 5.73 Å². The van der Waals surface area contributed by atoms with Gasteiger partial charge in [0.15, 0.2) is 5.96 Å². The van der Waals surface area contributed by atoms with Crippen LogP contribution in [0.2, 0.25) is 0 Å². The van der Waals surface area contributed by atoms with Crippen LogP contribution in [-0.4, -0.2) is 23.9 Å². The summed E-state index contributed by atoms with van der Waals surface area (Å²) < 4.78 is 40.2. The molecule has 1 aromatic heterocycles. The molecule has 0 saturated heterocycles. The minimum Gasteiger partial charge on any atom is -0.406 e. The predicted molar refractivity (Wildman–Crippen MR) is 98.5 cm³/mol. The molecule has 0 unspecified atom stereocenters. The summed E-state index contributed by atoms with van der Waals surface area (Å²) in [5, 5.41) is 4.18. The van der Waals surface area contributed by atoms with Crippen molar-refractivity contribution in [1.29, 1.82) is 0 Å². The summed E-state index contributed by atoms with van der Waals surface area (Å²) in [7, 11) is 0. The molecule has 142 valence electrons. The number of ether oxygens (including phenoxy) is 1. The molecule has 27 heavy (non-hydrogen) atoms. The highest BCUT2D eigenvalue weighted by atomic mass is 19.4. The van der Waals surface area contributed by atoms with Crippen LogP contribution in [0.5, 0.6) is 5.75 Å². The van der Waals surface area contributed by atoms with Crippen LogP contribution in [0.3, 0.4) is 0 Å². The van der Waals surface area contributed by atoms with Gasteiger partial charge in [0.2, 0.25) is 0 Å². The lowest BCUT2D eigenvalue weighted by Crippen LogP contribution is -2.33. The first kappa shape index (κ1) is 18.6. The number of alkyl halides is 3. The van der Waals surface area contributed by atoms with E-state index in [0.717, 1.165) is 28.6 Å². The minimum atomic E-state index is -4.70.